The van der Waals surface area contributed by atoms with E-state index in [1.165, 1.54) is 11.0 Å². The number of carboxylic acids is 1. The fraction of sp³-hybridized carbons (Fsp3) is 0.667. The fourth-order valence-corrected chi connectivity index (χ4v) is 1.97. The maximum Gasteiger partial charge on any atom is 0.410 e. The molecule has 1 fully saturated rings. The van der Waals surface area contributed by atoms with Crippen molar-refractivity contribution < 1.29 is 19.4 Å². The number of hydrogen-bond donors (Lipinski definition) is 1. The van der Waals surface area contributed by atoms with Gasteiger partial charge in [0.2, 0.25) is 0 Å². The Morgan fingerprint density at radius 1 is 1.35 bits per heavy atom. The van der Waals surface area contributed by atoms with Crippen LogP contribution in [-0.2, 0) is 9.53 Å². The van der Waals surface area contributed by atoms with Gasteiger partial charge >= 0.3 is 12.1 Å². The Hall–Kier alpha value is -1.52. The second kappa shape index (κ2) is 6.93. The van der Waals surface area contributed by atoms with E-state index in [-0.39, 0.29) is 6.61 Å². The summed E-state index contributed by atoms with van der Waals surface area (Å²) >= 11 is 0. The van der Waals surface area contributed by atoms with Crippen molar-refractivity contribution in [1.82, 2.24) is 4.90 Å². The van der Waals surface area contributed by atoms with Crippen LogP contribution in [0, 0.1) is 0 Å². The summed E-state index contributed by atoms with van der Waals surface area (Å²) in [6.45, 7) is 4.02. The minimum atomic E-state index is -0.956. The summed E-state index contributed by atoms with van der Waals surface area (Å²) in [5, 5.41) is 9.13. The Kier molecular flexibility index (Phi) is 5.52. The Morgan fingerprint density at radius 3 is 2.71 bits per heavy atom. The Labute approximate surface area is 101 Å². The molecule has 1 amide bonds. The van der Waals surface area contributed by atoms with E-state index in [1.54, 1.807) is 0 Å². The molecular formula is C12H19NO4. The molecule has 0 aromatic carbocycles. The normalized spacial score (nSPS) is 21.2. The van der Waals surface area contributed by atoms with Crippen LogP contribution >= 0.6 is 0 Å². The summed E-state index contributed by atoms with van der Waals surface area (Å²) in [7, 11) is 0. The van der Waals surface area contributed by atoms with Crippen LogP contribution in [0.1, 0.15) is 32.1 Å². The van der Waals surface area contributed by atoms with Gasteiger partial charge in [-0.2, -0.15) is 0 Å². The molecule has 1 aliphatic rings. The van der Waals surface area contributed by atoms with Crippen molar-refractivity contribution in [2.45, 2.75) is 38.1 Å². The lowest BCUT2D eigenvalue weighted by Gasteiger charge is -2.29. The second-order valence-corrected chi connectivity index (χ2v) is 4.12. The second-order valence-electron chi connectivity index (χ2n) is 4.12. The van der Waals surface area contributed by atoms with Gasteiger partial charge in [0.25, 0.3) is 0 Å². The molecule has 0 aliphatic carbocycles. The average Bonchev–Trinajstić information content (AvgIpc) is 2.25. The fourth-order valence-electron chi connectivity index (χ4n) is 1.97. The third-order valence-corrected chi connectivity index (χ3v) is 2.85. The first-order valence-corrected chi connectivity index (χ1v) is 5.94. The summed E-state index contributed by atoms with van der Waals surface area (Å²) < 4.78 is 4.91. The zero-order valence-electron chi connectivity index (χ0n) is 9.93. The van der Waals surface area contributed by atoms with E-state index in [0.29, 0.717) is 13.0 Å². The monoisotopic (exact) mass is 241 g/mol. The van der Waals surface area contributed by atoms with Crippen LogP contribution in [0.5, 0.6) is 0 Å². The molecule has 1 saturated heterocycles. The van der Waals surface area contributed by atoms with Crippen LogP contribution in [0.3, 0.4) is 0 Å². The van der Waals surface area contributed by atoms with E-state index in [4.69, 9.17) is 9.84 Å². The highest BCUT2D eigenvalue weighted by atomic mass is 16.6. The number of aliphatic carboxylic acids is 1. The quantitative estimate of drug-likeness (QED) is 0.768. The largest absolute Gasteiger partial charge is 0.480 e. The molecule has 1 aliphatic heterocycles. The van der Waals surface area contributed by atoms with Crippen LogP contribution in [0.25, 0.3) is 0 Å². The molecule has 0 saturated carbocycles. The molecule has 0 radical (unpaired) electrons. The van der Waals surface area contributed by atoms with Gasteiger partial charge in [-0.05, 0) is 12.8 Å². The zero-order valence-corrected chi connectivity index (χ0v) is 9.93. The summed E-state index contributed by atoms with van der Waals surface area (Å²) in [5.41, 5.74) is 0. The third-order valence-electron chi connectivity index (χ3n) is 2.85. The summed E-state index contributed by atoms with van der Waals surface area (Å²) in [6, 6.07) is -0.757. The van der Waals surface area contributed by atoms with Gasteiger partial charge in [0.15, 0.2) is 0 Å². The van der Waals surface area contributed by atoms with Crippen LogP contribution in [0.15, 0.2) is 12.7 Å². The number of carbonyl (C=O) groups is 2. The number of likely N-dealkylation sites (tertiary alicyclic amines) is 1. The van der Waals surface area contributed by atoms with Gasteiger partial charge in [-0.15, -0.1) is 0 Å². The first-order chi connectivity index (χ1) is 8.16. The van der Waals surface area contributed by atoms with Crippen molar-refractivity contribution in [1.29, 1.82) is 0 Å². The summed E-state index contributed by atoms with van der Waals surface area (Å²) in [4.78, 5) is 24.2. The van der Waals surface area contributed by atoms with E-state index in [0.717, 1.165) is 25.7 Å². The standard InChI is InChI=1S/C12H19NO4/c1-2-9-17-12(16)13-8-6-4-3-5-7-10(13)11(14)15/h2,10H,1,3-9H2,(H,14,15). The lowest BCUT2D eigenvalue weighted by atomic mass is 10.0. The van der Waals surface area contributed by atoms with Gasteiger partial charge in [-0.25, -0.2) is 9.59 Å². The van der Waals surface area contributed by atoms with E-state index in [9.17, 15) is 9.59 Å². The maximum absolute atomic E-state index is 11.7. The average molecular weight is 241 g/mol. The van der Waals surface area contributed by atoms with Gasteiger partial charge in [0.1, 0.15) is 12.6 Å². The Balaban J connectivity index is 2.68. The Morgan fingerprint density at radius 2 is 2.06 bits per heavy atom. The lowest BCUT2D eigenvalue weighted by molar-refractivity contribution is -0.143. The topological polar surface area (TPSA) is 66.8 Å². The van der Waals surface area contributed by atoms with E-state index >= 15 is 0 Å². The smallest absolute Gasteiger partial charge is 0.410 e. The predicted octanol–water partition coefficient (Wildman–Crippen LogP) is 2.03. The van der Waals surface area contributed by atoms with Crippen molar-refractivity contribution >= 4 is 12.1 Å². The minimum absolute atomic E-state index is 0.113. The first-order valence-electron chi connectivity index (χ1n) is 5.94. The van der Waals surface area contributed by atoms with Crippen molar-refractivity contribution in [3.63, 3.8) is 0 Å². The highest BCUT2D eigenvalue weighted by Crippen LogP contribution is 2.17. The number of nitrogens with zero attached hydrogens (tertiary/aromatic N) is 1. The van der Waals surface area contributed by atoms with E-state index in [1.807, 2.05) is 0 Å². The van der Waals surface area contributed by atoms with E-state index in [2.05, 4.69) is 6.58 Å². The summed E-state index contributed by atoms with van der Waals surface area (Å²) in [5.74, 6) is -0.956. The highest BCUT2D eigenvalue weighted by molar-refractivity contribution is 5.80. The molecule has 1 unspecified atom stereocenters. The van der Waals surface area contributed by atoms with Crippen molar-refractivity contribution in [3.8, 4) is 0 Å². The molecular weight excluding hydrogens is 222 g/mol. The third kappa shape index (κ3) is 4.09. The van der Waals surface area contributed by atoms with Gasteiger partial charge < -0.3 is 9.84 Å². The molecule has 0 bridgehead atoms. The molecule has 1 atom stereocenters. The highest BCUT2D eigenvalue weighted by Gasteiger charge is 2.30. The molecule has 1 rings (SSSR count). The SMILES string of the molecule is C=CCOC(=O)N1CCCCCCC1C(=O)O. The number of ether oxygens (including phenoxy) is 1. The molecule has 5 nitrogen and oxygen atoms in total. The molecule has 96 valence electrons. The molecule has 0 aromatic heterocycles. The Bertz CT molecular complexity index is 290. The molecule has 5 heteroatoms. The molecule has 1 N–H and O–H groups in total. The molecule has 0 spiro atoms. The maximum atomic E-state index is 11.7. The van der Waals surface area contributed by atoms with Gasteiger partial charge in [-0.1, -0.05) is 31.9 Å². The summed E-state index contributed by atoms with van der Waals surface area (Å²) in [6.07, 6.45) is 5.13. The van der Waals surface area contributed by atoms with Crippen molar-refractivity contribution in [3.05, 3.63) is 12.7 Å². The van der Waals surface area contributed by atoms with Gasteiger partial charge in [0.05, 0.1) is 0 Å². The zero-order chi connectivity index (χ0) is 12.7. The van der Waals surface area contributed by atoms with Crippen molar-refractivity contribution in [2.24, 2.45) is 0 Å². The molecule has 17 heavy (non-hydrogen) atoms. The number of carboxylic acid groups (broad SMARTS) is 1. The number of rotatable bonds is 3. The molecule has 0 aromatic rings. The van der Waals surface area contributed by atoms with Crippen LogP contribution in [-0.4, -0.2) is 41.3 Å². The number of amides is 1. The van der Waals surface area contributed by atoms with E-state index < -0.39 is 18.1 Å². The van der Waals surface area contributed by atoms with Crippen molar-refractivity contribution in [2.75, 3.05) is 13.2 Å². The van der Waals surface area contributed by atoms with Crippen LogP contribution in [0.2, 0.25) is 0 Å². The van der Waals surface area contributed by atoms with Crippen LogP contribution in [0.4, 0.5) is 4.79 Å². The number of carbonyl (C=O) groups excluding carboxylic acids is 1. The predicted molar refractivity (Wildman–Crippen MR) is 62.8 cm³/mol. The minimum Gasteiger partial charge on any atom is -0.480 e. The number of hydrogen-bond acceptors (Lipinski definition) is 3. The van der Waals surface area contributed by atoms with Gasteiger partial charge in [-0.3, -0.25) is 4.90 Å². The lowest BCUT2D eigenvalue weighted by Crippen LogP contribution is -2.46. The molecule has 1 heterocycles. The van der Waals surface area contributed by atoms with Gasteiger partial charge in [0, 0.05) is 6.54 Å². The first kappa shape index (κ1) is 13.5. The van der Waals surface area contributed by atoms with Crippen LogP contribution < -0.4 is 0 Å².